The Kier molecular flexibility index (Phi) is 4.72. The van der Waals surface area contributed by atoms with Crippen molar-refractivity contribution >= 4 is 28.2 Å². The van der Waals surface area contributed by atoms with Gasteiger partial charge in [-0.05, 0) is 42.0 Å². The topological polar surface area (TPSA) is 34.1 Å². The molecule has 0 saturated heterocycles. The van der Waals surface area contributed by atoms with E-state index in [1.165, 1.54) is 12.1 Å². The van der Waals surface area contributed by atoms with Crippen LogP contribution in [-0.2, 0) is 12.7 Å². The van der Waals surface area contributed by atoms with Gasteiger partial charge in [0.05, 0.1) is 18.2 Å². The number of nitrogens with zero attached hydrogens (tertiary/aromatic N) is 1. The van der Waals surface area contributed by atoms with Gasteiger partial charge in [-0.1, -0.05) is 23.7 Å². The Balaban J connectivity index is 1.93. The zero-order chi connectivity index (χ0) is 18.0. The fourth-order valence-corrected chi connectivity index (χ4v) is 2.66. The van der Waals surface area contributed by atoms with E-state index in [2.05, 4.69) is 10.3 Å². The Morgan fingerprint density at radius 1 is 1.08 bits per heavy atom. The summed E-state index contributed by atoms with van der Waals surface area (Å²) < 4.78 is 44.0. The predicted molar refractivity (Wildman–Crippen MR) is 92.1 cm³/mol. The molecular weight excluding hydrogens is 353 g/mol. The van der Waals surface area contributed by atoms with Crippen LogP contribution >= 0.6 is 11.6 Å². The maximum Gasteiger partial charge on any atom is 0.416 e. The van der Waals surface area contributed by atoms with Gasteiger partial charge in [-0.25, -0.2) is 4.98 Å². The number of aromatic nitrogens is 1. The Morgan fingerprint density at radius 2 is 1.80 bits per heavy atom. The van der Waals surface area contributed by atoms with Crippen LogP contribution in [0.1, 0.15) is 11.1 Å². The van der Waals surface area contributed by atoms with Gasteiger partial charge in [0.15, 0.2) is 0 Å². The third-order valence-electron chi connectivity index (χ3n) is 3.75. The van der Waals surface area contributed by atoms with Crippen molar-refractivity contribution in [2.24, 2.45) is 0 Å². The monoisotopic (exact) mass is 366 g/mol. The lowest BCUT2D eigenvalue weighted by Gasteiger charge is -2.13. The van der Waals surface area contributed by atoms with Crippen LogP contribution < -0.4 is 10.1 Å². The first kappa shape index (κ1) is 17.4. The van der Waals surface area contributed by atoms with Crippen molar-refractivity contribution in [2.45, 2.75) is 12.7 Å². The number of pyridine rings is 1. The molecule has 0 aliphatic heterocycles. The highest BCUT2D eigenvalue weighted by molar-refractivity contribution is 6.30. The number of ether oxygens (including phenoxy) is 1. The molecule has 1 aromatic heterocycles. The van der Waals surface area contributed by atoms with Gasteiger partial charge in [-0.3, -0.25) is 0 Å². The lowest BCUT2D eigenvalue weighted by atomic mass is 10.1. The molecule has 1 N–H and O–H groups in total. The van der Waals surface area contributed by atoms with E-state index in [0.717, 1.165) is 23.4 Å². The second kappa shape index (κ2) is 6.80. The van der Waals surface area contributed by atoms with Crippen molar-refractivity contribution in [1.82, 2.24) is 4.98 Å². The zero-order valence-electron chi connectivity index (χ0n) is 13.2. The molecule has 3 nitrogen and oxygen atoms in total. The first-order valence-electron chi connectivity index (χ1n) is 7.41. The van der Waals surface area contributed by atoms with Crippen molar-refractivity contribution in [3.63, 3.8) is 0 Å². The fraction of sp³-hybridized carbons (Fsp3) is 0.167. The quantitative estimate of drug-likeness (QED) is 0.617. The summed E-state index contributed by atoms with van der Waals surface area (Å²) in [4.78, 5) is 4.08. The molecule has 0 amide bonds. The smallest absolute Gasteiger partial charge is 0.416 e. The zero-order valence-corrected chi connectivity index (χ0v) is 13.9. The van der Waals surface area contributed by atoms with Crippen molar-refractivity contribution in [2.75, 3.05) is 12.4 Å². The minimum Gasteiger partial charge on any atom is -0.497 e. The molecular formula is C18H14ClF3N2O. The van der Waals surface area contributed by atoms with Gasteiger partial charge in [-0.15, -0.1) is 0 Å². The Hall–Kier alpha value is -2.47. The Bertz CT molecular complexity index is 895. The van der Waals surface area contributed by atoms with E-state index in [-0.39, 0.29) is 5.15 Å². The summed E-state index contributed by atoms with van der Waals surface area (Å²) in [6, 6.07) is 12.3. The summed E-state index contributed by atoms with van der Waals surface area (Å²) in [7, 11) is 1.58. The molecule has 0 unspecified atom stereocenters. The first-order chi connectivity index (χ1) is 11.9. The second-order valence-corrected chi connectivity index (χ2v) is 5.81. The standard InChI is InChI=1S/C18H14ClF3N2O/c1-25-13-5-2-11(3-6-13)10-23-16-9-17(19)24-15-7-4-12(8-14(15)16)18(20,21)22/h2-9H,10H2,1H3,(H,23,24). The number of halogens is 4. The van der Waals surface area contributed by atoms with Crippen LogP contribution in [0.15, 0.2) is 48.5 Å². The fourth-order valence-electron chi connectivity index (χ4n) is 2.46. The van der Waals surface area contributed by atoms with E-state index >= 15 is 0 Å². The molecule has 130 valence electrons. The van der Waals surface area contributed by atoms with Crippen LogP contribution in [-0.4, -0.2) is 12.1 Å². The van der Waals surface area contributed by atoms with Gasteiger partial charge in [0, 0.05) is 17.6 Å². The molecule has 3 aromatic rings. The van der Waals surface area contributed by atoms with Crippen molar-refractivity contribution in [1.29, 1.82) is 0 Å². The molecule has 0 bridgehead atoms. The SMILES string of the molecule is COc1ccc(CNc2cc(Cl)nc3ccc(C(F)(F)F)cc23)cc1. The molecule has 0 fully saturated rings. The summed E-state index contributed by atoms with van der Waals surface area (Å²) >= 11 is 5.98. The maximum atomic E-state index is 13.0. The van der Waals surface area contributed by atoms with E-state index in [9.17, 15) is 13.2 Å². The Labute approximate surface area is 147 Å². The molecule has 0 aliphatic rings. The van der Waals surface area contributed by atoms with E-state index in [4.69, 9.17) is 16.3 Å². The van der Waals surface area contributed by atoms with Crippen LogP contribution in [0.5, 0.6) is 5.75 Å². The molecule has 0 saturated carbocycles. The van der Waals surface area contributed by atoms with Crippen LogP contribution in [0.2, 0.25) is 5.15 Å². The number of alkyl halides is 3. The molecule has 0 spiro atoms. The summed E-state index contributed by atoms with van der Waals surface area (Å²) in [6.45, 7) is 0.426. The highest BCUT2D eigenvalue weighted by atomic mass is 35.5. The number of hydrogen-bond donors (Lipinski definition) is 1. The highest BCUT2D eigenvalue weighted by Gasteiger charge is 2.30. The van der Waals surface area contributed by atoms with Gasteiger partial charge < -0.3 is 10.1 Å². The van der Waals surface area contributed by atoms with Crippen LogP contribution in [0, 0.1) is 0 Å². The van der Waals surface area contributed by atoms with Crippen LogP contribution in [0.4, 0.5) is 18.9 Å². The number of methoxy groups -OCH3 is 1. The lowest BCUT2D eigenvalue weighted by molar-refractivity contribution is -0.137. The van der Waals surface area contributed by atoms with Crippen molar-refractivity contribution < 1.29 is 17.9 Å². The van der Waals surface area contributed by atoms with Gasteiger partial charge in [0.1, 0.15) is 10.9 Å². The highest BCUT2D eigenvalue weighted by Crippen LogP contribution is 2.34. The Morgan fingerprint density at radius 3 is 2.44 bits per heavy atom. The molecule has 0 atom stereocenters. The van der Waals surface area contributed by atoms with Crippen molar-refractivity contribution in [3.8, 4) is 5.75 Å². The molecule has 7 heteroatoms. The van der Waals surface area contributed by atoms with E-state index in [1.807, 2.05) is 24.3 Å². The predicted octanol–water partition coefficient (Wildman–Crippen LogP) is 5.53. The minimum absolute atomic E-state index is 0.212. The average Bonchev–Trinajstić information content (AvgIpc) is 2.58. The third kappa shape index (κ3) is 3.96. The second-order valence-electron chi connectivity index (χ2n) is 5.42. The molecule has 2 aromatic carbocycles. The van der Waals surface area contributed by atoms with Gasteiger partial charge in [-0.2, -0.15) is 13.2 Å². The number of hydrogen-bond acceptors (Lipinski definition) is 3. The number of nitrogens with one attached hydrogen (secondary N) is 1. The normalized spacial score (nSPS) is 11.6. The van der Waals surface area contributed by atoms with E-state index in [0.29, 0.717) is 23.1 Å². The van der Waals surface area contributed by atoms with Gasteiger partial charge >= 0.3 is 6.18 Å². The number of anilines is 1. The number of rotatable bonds is 4. The third-order valence-corrected chi connectivity index (χ3v) is 3.94. The van der Waals surface area contributed by atoms with Gasteiger partial charge in [0.25, 0.3) is 0 Å². The van der Waals surface area contributed by atoms with Crippen molar-refractivity contribution in [3.05, 3.63) is 64.8 Å². The number of benzene rings is 2. The first-order valence-corrected chi connectivity index (χ1v) is 7.79. The summed E-state index contributed by atoms with van der Waals surface area (Å²) in [5, 5.41) is 3.71. The van der Waals surface area contributed by atoms with E-state index < -0.39 is 11.7 Å². The summed E-state index contributed by atoms with van der Waals surface area (Å²) in [5.41, 5.74) is 1.13. The molecule has 1 heterocycles. The largest absolute Gasteiger partial charge is 0.497 e. The summed E-state index contributed by atoms with van der Waals surface area (Å²) in [6.07, 6.45) is -4.42. The van der Waals surface area contributed by atoms with Crippen LogP contribution in [0.3, 0.4) is 0 Å². The maximum absolute atomic E-state index is 13.0. The minimum atomic E-state index is -4.42. The average molecular weight is 367 g/mol. The molecule has 0 aliphatic carbocycles. The molecule has 0 radical (unpaired) electrons. The molecule has 3 rings (SSSR count). The van der Waals surface area contributed by atoms with Crippen LogP contribution in [0.25, 0.3) is 10.9 Å². The summed E-state index contributed by atoms with van der Waals surface area (Å²) in [5.74, 6) is 0.732. The lowest BCUT2D eigenvalue weighted by Crippen LogP contribution is -2.06. The number of fused-ring (bicyclic) bond motifs is 1. The van der Waals surface area contributed by atoms with Gasteiger partial charge in [0.2, 0.25) is 0 Å². The van der Waals surface area contributed by atoms with E-state index in [1.54, 1.807) is 7.11 Å². The molecule has 25 heavy (non-hydrogen) atoms.